The van der Waals surface area contributed by atoms with Gasteiger partial charge < -0.3 is 25.2 Å². The number of guanidine groups is 1. The molecule has 4 rings (SSSR count). The zero-order valence-electron chi connectivity index (χ0n) is 18.2. The molecule has 1 aliphatic heterocycles. The van der Waals surface area contributed by atoms with Crippen LogP contribution in [0.4, 0.5) is 0 Å². The van der Waals surface area contributed by atoms with E-state index in [1.54, 1.807) is 30.3 Å². The summed E-state index contributed by atoms with van der Waals surface area (Å²) in [6.07, 6.45) is 3.86. The first-order valence-corrected chi connectivity index (χ1v) is 11.3. The van der Waals surface area contributed by atoms with Gasteiger partial charge in [0.25, 0.3) is 0 Å². The van der Waals surface area contributed by atoms with Crippen molar-refractivity contribution in [3.8, 4) is 5.75 Å². The highest BCUT2D eigenvalue weighted by atomic mass is 16.6. The Hall–Kier alpha value is -3.06. The number of carbonyl (C=O) groups excluding carboxylic acids is 1. The molecule has 2 aliphatic rings. The summed E-state index contributed by atoms with van der Waals surface area (Å²) in [6.45, 7) is 1.42. The molecule has 7 nitrogen and oxygen atoms in total. The number of esters is 1. The summed E-state index contributed by atoms with van der Waals surface area (Å²) in [5.41, 5.74) is -0.166. The van der Waals surface area contributed by atoms with Gasteiger partial charge in [0.15, 0.2) is 11.6 Å². The standard InChI is InChI=1S/C25H31N3O4/c26-24(27-16-18-7-6-12-21(29)15-18)28-14-13-22(17-28)32-23(30)25(31,20-10-4-5-11-20)19-8-2-1-3-9-19/h1-3,6-9,12,15,20,22,29,31H,4-5,10-11,13-14,16-17H2,(H2,26,27)/t22-,25+/m1/s1. The van der Waals surface area contributed by atoms with Gasteiger partial charge in [0.2, 0.25) is 0 Å². The van der Waals surface area contributed by atoms with Gasteiger partial charge in [-0.1, -0.05) is 55.3 Å². The summed E-state index contributed by atoms with van der Waals surface area (Å²) in [4.78, 5) is 15.1. The molecule has 32 heavy (non-hydrogen) atoms. The Labute approximate surface area is 188 Å². The SMILES string of the molecule is N=C(NCc1cccc(O)c1)N1CC[C@@H](OC(=O)[C@](O)(c2ccccc2)C2CCCC2)C1. The van der Waals surface area contributed by atoms with E-state index in [-0.39, 0.29) is 23.7 Å². The predicted molar refractivity (Wildman–Crippen MR) is 121 cm³/mol. The molecule has 170 valence electrons. The summed E-state index contributed by atoms with van der Waals surface area (Å²) in [5.74, 6) is -0.281. The van der Waals surface area contributed by atoms with Gasteiger partial charge in [0.05, 0.1) is 6.54 Å². The number of aliphatic hydroxyl groups is 1. The molecule has 0 unspecified atom stereocenters. The number of hydrogen-bond acceptors (Lipinski definition) is 5. The summed E-state index contributed by atoms with van der Waals surface area (Å²) in [5, 5.41) is 32.5. The quantitative estimate of drug-likeness (QED) is 0.314. The van der Waals surface area contributed by atoms with Gasteiger partial charge in [-0.05, 0) is 36.1 Å². The fourth-order valence-electron chi connectivity index (χ4n) is 4.79. The zero-order valence-corrected chi connectivity index (χ0v) is 18.2. The molecule has 0 amide bonds. The van der Waals surface area contributed by atoms with E-state index in [2.05, 4.69) is 5.32 Å². The summed E-state index contributed by atoms with van der Waals surface area (Å²) < 4.78 is 5.81. The summed E-state index contributed by atoms with van der Waals surface area (Å²) in [6, 6.07) is 16.0. The number of likely N-dealkylation sites (tertiary alicyclic amines) is 1. The lowest BCUT2D eigenvalue weighted by molar-refractivity contribution is -0.178. The maximum absolute atomic E-state index is 13.2. The number of phenolic OH excluding ortho intramolecular Hbond substituents is 1. The highest BCUT2D eigenvalue weighted by Crippen LogP contribution is 2.41. The van der Waals surface area contributed by atoms with Crippen molar-refractivity contribution in [2.24, 2.45) is 5.92 Å². The Balaban J connectivity index is 1.36. The molecule has 4 N–H and O–H groups in total. The number of aromatic hydroxyl groups is 1. The number of nitrogens with zero attached hydrogens (tertiary/aromatic N) is 1. The fourth-order valence-corrected chi connectivity index (χ4v) is 4.79. The summed E-state index contributed by atoms with van der Waals surface area (Å²) >= 11 is 0. The predicted octanol–water partition coefficient (Wildman–Crippen LogP) is 3.11. The third-order valence-electron chi connectivity index (χ3n) is 6.58. The van der Waals surface area contributed by atoms with E-state index in [1.165, 1.54) is 0 Å². The molecule has 1 aliphatic carbocycles. The number of carbonyl (C=O) groups is 1. The van der Waals surface area contributed by atoms with Gasteiger partial charge >= 0.3 is 5.97 Å². The van der Waals surface area contributed by atoms with Crippen LogP contribution in [-0.4, -0.2) is 46.2 Å². The van der Waals surface area contributed by atoms with Crippen LogP contribution >= 0.6 is 0 Å². The third kappa shape index (κ3) is 4.72. The van der Waals surface area contributed by atoms with Crippen molar-refractivity contribution in [1.29, 1.82) is 5.41 Å². The van der Waals surface area contributed by atoms with Crippen molar-refractivity contribution in [1.82, 2.24) is 10.2 Å². The molecule has 1 saturated carbocycles. The first kappa shape index (κ1) is 22.1. The Morgan fingerprint density at radius 2 is 1.88 bits per heavy atom. The van der Waals surface area contributed by atoms with E-state index in [1.807, 2.05) is 29.2 Å². The molecule has 0 spiro atoms. The number of phenols is 1. The Morgan fingerprint density at radius 3 is 2.59 bits per heavy atom. The van der Waals surface area contributed by atoms with Crippen LogP contribution in [0, 0.1) is 11.3 Å². The van der Waals surface area contributed by atoms with Gasteiger partial charge in [0.1, 0.15) is 11.9 Å². The number of benzene rings is 2. The maximum atomic E-state index is 13.2. The van der Waals surface area contributed by atoms with E-state index < -0.39 is 11.6 Å². The van der Waals surface area contributed by atoms with E-state index in [9.17, 15) is 15.0 Å². The van der Waals surface area contributed by atoms with Crippen molar-refractivity contribution in [2.45, 2.75) is 50.4 Å². The molecule has 2 fully saturated rings. The van der Waals surface area contributed by atoms with Crippen molar-refractivity contribution >= 4 is 11.9 Å². The van der Waals surface area contributed by atoms with Crippen molar-refractivity contribution < 1.29 is 19.7 Å². The maximum Gasteiger partial charge on any atom is 0.343 e. The molecular formula is C25H31N3O4. The highest BCUT2D eigenvalue weighted by molar-refractivity contribution is 5.82. The topological polar surface area (TPSA) is 106 Å². The second-order valence-corrected chi connectivity index (χ2v) is 8.75. The molecule has 0 radical (unpaired) electrons. The van der Waals surface area contributed by atoms with Crippen molar-refractivity contribution in [3.05, 3.63) is 65.7 Å². The first-order valence-electron chi connectivity index (χ1n) is 11.3. The van der Waals surface area contributed by atoms with E-state index in [0.717, 1.165) is 31.2 Å². The molecule has 2 aromatic carbocycles. The minimum atomic E-state index is -1.63. The number of nitrogens with one attached hydrogen (secondary N) is 2. The van der Waals surface area contributed by atoms with Gasteiger partial charge in [-0.2, -0.15) is 0 Å². The average Bonchev–Trinajstić information content (AvgIpc) is 3.50. The van der Waals surface area contributed by atoms with Crippen LogP contribution in [-0.2, 0) is 21.7 Å². The Bertz CT molecular complexity index is 945. The van der Waals surface area contributed by atoms with E-state index >= 15 is 0 Å². The zero-order chi connectivity index (χ0) is 22.6. The minimum Gasteiger partial charge on any atom is -0.508 e. The lowest BCUT2D eigenvalue weighted by Crippen LogP contribution is -2.45. The van der Waals surface area contributed by atoms with Crippen molar-refractivity contribution in [3.63, 3.8) is 0 Å². The smallest absolute Gasteiger partial charge is 0.343 e. The minimum absolute atomic E-state index is 0.142. The molecule has 0 aromatic heterocycles. The molecule has 7 heteroatoms. The normalized spacial score (nSPS) is 20.7. The molecular weight excluding hydrogens is 406 g/mol. The van der Waals surface area contributed by atoms with Crippen LogP contribution in [0.2, 0.25) is 0 Å². The monoisotopic (exact) mass is 437 g/mol. The second-order valence-electron chi connectivity index (χ2n) is 8.75. The van der Waals surface area contributed by atoms with E-state index in [0.29, 0.717) is 31.6 Å². The van der Waals surface area contributed by atoms with E-state index in [4.69, 9.17) is 10.1 Å². The molecule has 2 aromatic rings. The molecule has 1 saturated heterocycles. The molecule has 1 heterocycles. The number of ether oxygens (including phenoxy) is 1. The van der Waals surface area contributed by atoms with Crippen LogP contribution in [0.25, 0.3) is 0 Å². The van der Waals surface area contributed by atoms with Gasteiger partial charge in [-0.3, -0.25) is 5.41 Å². The Kier molecular flexibility index (Phi) is 6.65. The lowest BCUT2D eigenvalue weighted by atomic mass is 9.80. The van der Waals surface area contributed by atoms with Crippen LogP contribution in [0.1, 0.15) is 43.2 Å². The summed E-state index contributed by atoms with van der Waals surface area (Å²) in [7, 11) is 0. The second kappa shape index (κ2) is 9.61. The van der Waals surface area contributed by atoms with Gasteiger partial charge in [0, 0.05) is 25.4 Å². The fraction of sp³-hybridized carbons (Fsp3) is 0.440. The highest BCUT2D eigenvalue weighted by Gasteiger charge is 2.48. The number of rotatable bonds is 6. The molecule has 0 bridgehead atoms. The largest absolute Gasteiger partial charge is 0.508 e. The van der Waals surface area contributed by atoms with Crippen LogP contribution in [0.3, 0.4) is 0 Å². The van der Waals surface area contributed by atoms with Crippen LogP contribution < -0.4 is 5.32 Å². The molecule has 2 atom stereocenters. The number of hydrogen-bond donors (Lipinski definition) is 4. The van der Waals surface area contributed by atoms with Crippen molar-refractivity contribution in [2.75, 3.05) is 13.1 Å². The van der Waals surface area contributed by atoms with Crippen LogP contribution in [0.5, 0.6) is 5.75 Å². The average molecular weight is 438 g/mol. The lowest BCUT2D eigenvalue weighted by Gasteiger charge is -2.33. The Morgan fingerprint density at radius 1 is 1.12 bits per heavy atom. The van der Waals surface area contributed by atoms with Gasteiger partial charge in [-0.15, -0.1) is 0 Å². The van der Waals surface area contributed by atoms with Crippen LogP contribution in [0.15, 0.2) is 54.6 Å². The first-order chi connectivity index (χ1) is 15.5. The third-order valence-corrected chi connectivity index (χ3v) is 6.58. The van der Waals surface area contributed by atoms with Gasteiger partial charge in [-0.25, -0.2) is 4.79 Å².